The maximum absolute atomic E-state index is 12.6. The third kappa shape index (κ3) is 6.41. The van der Waals surface area contributed by atoms with Gasteiger partial charge < -0.3 is 19.7 Å². The molecule has 0 aliphatic rings. The molecule has 0 saturated heterocycles. The van der Waals surface area contributed by atoms with E-state index < -0.39 is 18.0 Å². The van der Waals surface area contributed by atoms with Gasteiger partial charge in [0.15, 0.2) is 18.1 Å². The van der Waals surface area contributed by atoms with E-state index in [2.05, 4.69) is 5.32 Å². The highest BCUT2D eigenvalue weighted by Gasteiger charge is 2.41. The number of ether oxygens (including phenoxy) is 2. The van der Waals surface area contributed by atoms with Crippen molar-refractivity contribution in [3.8, 4) is 11.5 Å². The second-order valence-electron chi connectivity index (χ2n) is 6.01. The molecular weight excluding hydrogens is 389 g/mol. The maximum atomic E-state index is 12.6. The van der Waals surface area contributed by atoms with Crippen molar-refractivity contribution in [1.29, 1.82) is 0 Å². The Kier molecular flexibility index (Phi) is 7.46. The van der Waals surface area contributed by atoms with Crippen LogP contribution in [0.1, 0.15) is 12.5 Å². The Bertz CT molecular complexity index is 856. The smallest absolute Gasteiger partial charge is 0.471 e. The van der Waals surface area contributed by atoms with Gasteiger partial charge in [0, 0.05) is 18.8 Å². The Balaban J connectivity index is 1.98. The molecule has 0 saturated carbocycles. The fraction of sp³-hybridized carbons (Fsp3) is 0.300. The van der Waals surface area contributed by atoms with Crippen LogP contribution in [0.2, 0.25) is 0 Å². The van der Waals surface area contributed by atoms with Gasteiger partial charge in [-0.25, -0.2) is 0 Å². The fourth-order valence-electron chi connectivity index (χ4n) is 2.55. The van der Waals surface area contributed by atoms with Crippen molar-refractivity contribution >= 4 is 17.5 Å². The minimum Gasteiger partial charge on any atom is -0.493 e. The number of rotatable bonds is 8. The van der Waals surface area contributed by atoms with Crippen LogP contribution in [0, 0.1) is 0 Å². The van der Waals surface area contributed by atoms with Gasteiger partial charge in [-0.15, -0.1) is 0 Å². The van der Waals surface area contributed by atoms with Crippen LogP contribution in [0.15, 0.2) is 48.5 Å². The first-order valence-corrected chi connectivity index (χ1v) is 8.75. The van der Waals surface area contributed by atoms with E-state index in [1.54, 1.807) is 42.5 Å². The van der Waals surface area contributed by atoms with Crippen LogP contribution in [-0.4, -0.2) is 43.2 Å². The van der Waals surface area contributed by atoms with E-state index in [9.17, 15) is 22.8 Å². The van der Waals surface area contributed by atoms with Crippen molar-refractivity contribution < 1.29 is 32.2 Å². The molecule has 9 heteroatoms. The summed E-state index contributed by atoms with van der Waals surface area (Å²) in [6.07, 6.45) is -4.93. The number of carbonyl (C=O) groups is 2. The highest BCUT2D eigenvalue weighted by molar-refractivity contribution is 5.92. The lowest BCUT2D eigenvalue weighted by molar-refractivity contribution is -0.185. The zero-order valence-electron chi connectivity index (χ0n) is 16.0. The van der Waals surface area contributed by atoms with Crippen molar-refractivity contribution in [2.45, 2.75) is 19.6 Å². The number of carbonyl (C=O) groups excluding carboxylic acids is 2. The Morgan fingerprint density at radius 1 is 1.07 bits per heavy atom. The zero-order valence-corrected chi connectivity index (χ0v) is 16.0. The summed E-state index contributed by atoms with van der Waals surface area (Å²) in [5, 5.41) is 2.61. The van der Waals surface area contributed by atoms with Crippen molar-refractivity contribution in [3.05, 3.63) is 54.1 Å². The standard InChI is InChI=1S/C20H21F3N2O4/c1-3-25(19(27)20(21,22)23)12-14-7-6-8-15(11-14)24-18(26)13-29-17-10-5-4-9-16(17)28-2/h4-11H,3,12-13H2,1-2H3,(H,24,26). The second-order valence-corrected chi connectivity index (χ2v) is 6.01. The van der Waals surface area contributed by atoms with Gasteiger partial charge in [0.05, 0.1) is 7.11 Å². The monoisotopic (exact) mass is 410 g/mol. The van der Waals surface area contributed by atoms with Gasteiger partial charge in [0.1, 0.15) is 0 Å². The minimum atomic E-state index is -4.93. The molecule has 29 heavy (non-hydrogen) atoms. The molecule has 6 nitrogen and oxygen atoms in total. The highest BCUT2D eigenvalue weighted by atomic mass is 19.4. The van der Waals surface area contributed by atoms with Crippen LogP contribution in [0.5, 0.6) is 11.5 Å². The first-order chi connectivity index (χ1) is 13.7. The summed E-state index contributed by atoms with van der Waals surface area (Å²) in [6.45, 7) is 0.862. The van der Waals surface area contributed by atoms with Gasteiger partial charge in [-0.2, -0.15) is 13.2 Å². The van der Waals surface area contributed by atoms with E-state index in [0.717, 1.165) is 0 Å². The summed E-state index contributed by atoms with van der Waals surface area (Å²) < 4.78 is 48.5. The number of amides is 2. The van der Waals surface area contributed by atoms with E-state index in [4.69, 9.17) is 9.47 Å². The molecule has 0 atom stereocenters. The van der Waals surface area contributed by atoms with Gasteiger partial charge in [0.25, 0.3) is 5.91 Å². The average molecular weight is 410 g/mol. The summed E-state index contributed by atoms with van der Waals surface area (Å²) >= 11 is 0. The molecule has 0 heterocycles. The summed E-state index contributed by atoms with van der Waals surface area (Å²) in [4.78, 5) is 24.3. The van der Waals surface area contributed by atoms with Crippen molar-refractivity contribution in [2.24, 2.45) is 0 Å². The van der Waals surface area contributed by atoms with E-state index in [1.165, 1.54) is 20.1 Å². The Morgan fingerprint density at radius 3 is 2.38 bits per heavy atom. The molecule has 0 radical (unpaired) electrons. The lowest BCUT2D eigenvalue weighted by Crippen LogP contribution is -2.40. The molecule has 0 fully saturated rings. The summed E-state index contributed by atoms with van der Waals surface area (Å²) in [5.74, 6) is -1.47. The average Bonchev–Trinajstić information content (AvgIpc) is 2.69. The number of hydrogen-bond acceptors (Lipinski definition) is 4. The molecule has 2 aromatic carbocycles. The van der Waals surface area contributed by atoms with Crippen LogP contribution in [-0.2, 0) is 16.1 Å². The predicted octanol–water partition coefficient (Wildman–Crippen LogP) is 3.62. The van der Waals surface area contributed by atoms with Crippen molar-refractivity contribution in [3.63, 3.8) is 0 Å². The molecule has 2 amide bonds. The van der Waals surface area contributed by atoms with E-state index in [1.807, 2.05) is 0 Å². The molecule has 0 aliphatic carbocycles. The van der Waals surface area contributed by atoms with Crippen LogP contribution in [0.25, 0.3) is 0 Å². The normalized spacial score (nSPS) is 10.9. The summed E-state index contributed by atoms with van der Waals surface area (Å²) in [5.41, 5.74) is 0.833. The Hall–Kier alpha value is -3.23. The molecular formula is C20H21F3N2O4. The van der Waals surface area contributed by atoms with Crippen LogP contribution in [0.3, 0.4) is 0 Å². The minimum absolute atomic E-state index is 0.0956. The number of para-hydroxylation sites is 2. The number of nitrogens with one attached hydrogen (secondary N) is 1. The lowest BCUT2D eigenvalue weighted by atomic mass is 10.2. The molecule has 156 valence electrons. The van der Waals surface area contributed by atoms with Crippen LogP contribution >= 0.6 is 0 Å². The van der Waals surface area contributed by atoms with E-state index in [0.29, 0.717) is 27.6 Å². The quantitative estimate of drug-likeness (QED) is 0.722. The number of benzene rings is 2. The Morgan fingerprint density at radius 2 is 1.76 bits per heavy atom. The molecule has 0 aliphatic heterocycles. The van der Waals surface area contributed by atoms with Gasteiger partial charge in [-0.05, 0) is 36.8 Å². The van der Waals surface area contributed by atoms with Gasteiger partial charge in [-0.1, -0.05) is 24.3 Å². The fourth-order valence-corrected chi connectivity index (χ4v) is 2.55. The van der Waals surface area contributed by atoms with Crippen molar-refractivity contribution in [2.75, 3.05) is 25.6 Å². The number of nitrogens with zero attached hydrogens (tertiary/aromatic N) is 1. The highest BCUT2D eigenvalue weighted by Crippen LogP contribution is 2.25. The van der Waals surface area contributed by atoms with Gasteiger partial charge in [-0.3, -0.25) is 9.59 Å². The second kappa shape index (κ2) is 9.81. The SMILES string of the molecule is CCN(Cc1cccc(NC(=O)COc2ccccc2OC)c1)C(=O)C(F)(F)F. The first-order valence-electron chi connectivity index (χ1n) is 8.75. The third-order valence-corrected chi connectivity index (χ3v) is 3.92. The summed E-state index contributed by atoms with van der Waals surface area (Å²) in [6, 6.07) is 13.1. The molecule has 2 rings (SSSR count). The number of anilines is 1. The first kappa shape index (κ1) is 22.1. The predicted molar refractivity (Wildman–Crippen MR) is 101 cm³/mol. The molecule has 0 spiro atoms. The number of methoxy groups -OCH3 is 1. The van der Waals surface area contributed by atoms with Gasteiger partial charge >= 0.3 is 12.1 Å². The van der Waals surface area contributed by atoms with Crippen molar-refractivity contribution in [1.82, 2.24) is 4.90 Å². The van der Waals surface area contributed by atoms with Gasteiger partial charge in [0.2, 0.25) is 0 Å². The van der Waals surface area contributed by atoms with E-state index >= 15 is 0 Å². The lowest BCUT2D eigenvalue weighted by Gasteiger charge is -2.22. The third-order valence-electron chi connectivity index (χ3n) is 3.92. The zero-order chi connectivity index (χ0) is 21.4. The molecule has 2 aromatic rings. The Labute approximate surface area is 166 Å². The molecule has 1 N–H and O–H groups in total. The van der Waals surface area contributed by atoms with Crippen LogP contribution < -0.4 is 14.8 Å². The topological polar surface area (TPSA) is 67.9 Å². The molecule has 0 unspecified atom stereocenters. The largest absolute Gasteiger partial charge is 0.493 e. The van der Waals surface area contributed by atoms with E-state index in [-0.39, 0.29) is 19.7 Å². The molecule has 0 aromatic heterocycles. The number of alkyl halides is 3. The number of hydrogen-bond donors (Lipinski definition) is 1. The number of halogens is 3. The summed E-state index contributed by atoms with van der Waals surface area (Å²) in [7, 11) is 1.48. The molecule has 0 bridgehead atoms. The maximum Gasteiger partial charge on any atom is 0.471 e. The van der Waals surface area contributed by atoms with Crippen LogP contribution in [0.4, 0.5) is 18.9 Å².